The zero-order chi connectivity index (χ0) is 13.9. The Morgan fingerprint density at radius 3 is 2.68 bits per heavy atom. The number of aromatic nitrogens is 1. The highest BCUT2D eigenvalue weighted by molar-refractivity contribution is 9.10. The minimum atomic E-state index is -0.355. The molecule has 0 aliphatic carbocycles. The average molecular weight is 326 g/mol. The molecule has 106 valence electrons. The van der Waals surface area contributed by atoms with E-state index in [0.717, 1.165) is 23.1 Å². The van der Waals surface area contributed by atoms with E-state index in [1.807, 2.05) is 30.4 Å². The molecule has 0 bridgehead atoms. The van der Waals surface area contributed by atoms with Gasteiger partial charge in [-0.2, -0.15) is 0 Å². The largest absolute Gasteiger partial charge is 0.389 e. The summed E-state index contributed by atoms with van der Waals surface area (Å²) >= 11 is 3.33. The molecule has 0 saturated heterocycles. The quantitative estimate of drug-likeness (QED) is 0.513. The Morgan fingerprint density at radius 1 is 1.21 bits per heavy atom. The number of pyridine rings is 1. The lowest BCUT2D eigenvalue weighted by atomic mass is 10.1. The predicted molar refractivity (Wildman–Crippen MR) is 85.0 cm³/mol. The van der Waals surface area contributed by atoms with Crippen LogP contribution < -0.4 is 0 Å². The Bertz CT molecular complexity index is 379. The summed E-state index contributed by atoms with van der Waals surface area (Å²) in [6.45, 7) is 2.23. The predicted octanol–water partition coefficient (Wildman–Crippen LogP) is 4.97. The van der Waals surface area contributed by atoms with Gasteiger partial charge in [0.05, 0.1) is 11.8 Å². The van der Waals surface area contributed by atoms with Crippen molar-refractivity contribution in [3.05, 3.63) is 34.6 Å². The Hall–Kier alpha value is -0.670. The van der Waals surface area contributed by atoms with Crippen LogP contribution in [0.3, 0.4) is 0 Å². The van der Waals surface area contributed by atoms with Gasteiger partial charge in [0.1, 0.15) is 4.60 Å². The molecule has 1 rings (SSSR count). The highest BCUT2D eigenvalue weighted by Crippen LogP contribution is 2.11. The third kappa shape index (κ3) is 8.17. The fraction of sp³-hybridized carbons (Fsp3) is 0.562. The van der Waals surface area contributed by atoms with Gasteiger partial charge in [0.15, 0.2) is 0 Å². The third-order valence-electron chi connectivity index (χ3n) is 3.08. The molecule has 3 heteroatoms. The van der Waals surface area contributed by atoms with Crippen molar-refractivity contribution < 1.29 is 5.11 Å². The van der Waals surface area contributed by atoms with Crippen LogP contribution in [0.15, 0.2) is 28.9 Å². The molecule has 1 aromatic heterocycles. The zero-order valence-electron chi connectivity index (χ0n) is 11.7. The van der Waals surface area contributed by atoms with Gasteiger partial charge >= 0.3 is 0 Å². The molecule has 1 unspecified atom stereocenters. The SMILES string of the molecule is CCCCCCCCC(O)/C=C/c1cccc(Br)n1. The van der Waals surface area contributed by atoms with Crippen molar-refractivity contribution in [2.45, 2.75) is 58.0 Å². The zero-order valence-corrected chi connectivity index (χ0v) is 13.3. The van der Waals surface area contributed by atoms with E-state index in [1.54, 1.807) is 0 Å². The molecular weight excluding hydrogens is 302 g/mol. The van der Waals surface area contributed by atoms with Gasteiger partial charge in [-0.3, -0.25) is 0 Å². The topological polar surface area (TPSA) is 33.1 Å². The van der Waals surface area contributed by atoms with Crippen LogP contribution in [-0.2, 0) is 0 Å². The van der Waals surface area contributed by atoms with Gasteiger partial charge in [-0.1, -0.05) is 57.6 Å². The smallest absolute Gasteiger partial charge is 0.106 e. The molecule has 19 heavy (non-hydrogen) atoms. The molecule has 0 aromatic carbocycles. The summed E-state index contributed by atoms with van der Waals surface area (Å²) in [5.74, 6) is 0. The second kappa shape index (κ2) is 10.2. The maximum atomic E-state index is 9.86. The lowest BCUT2D eigenvalue weighted by Gasteiger charge is -2.05. The van der Waals surface area contributed by atoms with Crippen molar-refractivity contribution in [1.82, 2.24) is 4.98 Å². The summed E-state index contributed by atoms with van der Waals surface area (Å²) in [7, 11) is 0. The minimum absolute atomic E-state index is 0.355. The summed E-state index contributed by atoms with van der Waals surface area (Å²) in [4.78, 5) is 4.29. The number of unbranched alkanes of at least 4 members (excludes halogenated alkanes) is 5. The van der Waals surface area contributed by atoms with Crippen LogP contribution in [0.5, 0.6) is 0 Å². The number of nitrogens with zero attached hydrogens (tertiary/aromatic N) is 1. The normalized spacial score (nSPS) is 13.0. The number of aliphatic hydroxyl groups is 1. The number of aliphatic hydroxyl groups excluding tert-OH is 1. The number of halogens is 1. The van der Waals surface area contributed by atoms with Gasteiger partial charge in [-0.25, -0.2) is 4.98 Å². The summed E-state index contributed by atoms with van der Waals surface area (Å²) in [6, 6.07) is 5.76. The van der Waals surface area contributed by atoms with E-state index in [4.69, 9.17) is 0 Å². The molecule has 0 aliphatic heterocycles. The van der Waals surface area contributed by atoms with E-state index in [1.165, 1.54) is 32.1 Å². The van der Waals surface area contributed by atoms with Gasteiger partial charge in [0, 0.05) is 0 Å². The Labute approximate surface area is 125 Å². The molecular formula is C16H24BrNO. The molecule has 0 radical (unpaired) electrons. The Kier molecular flexibility index (Phi) is 8.76. The maximum Gasteiger partial charge on any atom is 0.106 e. The molecule has 1 heterocycles. The lowest BCUT2D eigenvalue weighted by Crippen LogP contribution is -2.01. The summed E-state index contributed by atoms with van der Waals surface area (Å²) in [6.07, 6.45) is 11.8. The van der Waals surface area contributed by atoms with Gasteiger partial charge in [0.2, 0.25) is 0 Å². The van der Waals surface area contributed by atoms with Crippen molar-refractivity contribution in [1.29, 1.82) is 0 Å². The van der Waals surface area contributed by atoms with Gasteiger partial charge in [0.25, 0.3) is 0 Å². The molecule has 0 saturated carbocycles. The first-order valence-electron chi connectivity index (χ1n) is 7.21. The van der Waals surface area contributed by atoms with Crippen LogP contribution in [0.2, 0.25) is 0 Å². The summed E-state index contributed by atoms with van der Waals surface area (Å²) in [5.41, 5.74) is 0.872. The van der Waals surface area contributed by atoms with Crippen LogP contribution in [0, 0.1) is 0 Å². The van der Waals surface area contributed by atoms with Crippen molar-refractivity contribution in [3.63, 3.8) is 0 Å². The van der Waals surface area contributed by atoms with Crippen LogP contribution >= 0.6 is 15.9 Å². The molecule has 0 fully saturated rings. The van der Waals surface area contributed by atoms with Crippen LogP contribution in [0.4, 0.5) is 0 Å². The highest BCUT2D eigenvalue weighted by atomic mass is 79.9. The molecule has 1 aromatic rings. The average Bonchev–Trinajstić information content (AvgIpc) is 2.40. The van der Waals surface area contributed by atoms with Gasteiger partial charge in [-0.05, 0) is 40.6 Å². The second-order valence-corrected chi connectivity index (χ2v) is 5.68. The number of rotatable bonds is 9. The van der Waals surface area contributed by atoms with E-state index < -0.39 is 0 Å². The third-order valence-corrected chi connectivity index (χ3v) is 3.52. The molecule has 0 aliphatic rings. The molecule has 2 nitrogen and oxygen atoms in total. The number of hydrogen-bond donors (Lipinski definition) is 1. The number of hydrogen-bond acceptors (Lipinski definition) is 2. The highest BCUT2D eigenvalue weighted by Gasteiger charge is 1.99. The first-order chi connectivity index (χ1) is 9.22. The van der Waals surface area contributed by atoms with Crippen molar-refractivity contribution in [2.75, 3.05) is 0 Å². The van der Waals surface area contributed by atoms with Crippen LogP contribution in [0.25, 0.3) is 6.08 Å². The van der Waals surface area contributed by atoms with Gasteiger partial charge in [-0.15, -0.1) is 0 Å². The first kappa shape index (κ1) is 16.4. The van der Waals surface area contributed by atoms with E-state index >= 15 is 0 Å². The van der Waals surface area contributed by atoms with Crippen molar-refractivity contribution in [2.24, 2.45) is 0 Å². The van der Waals surface area contributed by atoms with Crippen molar-refractivity contribution >= 4 is 22.0 Å². The molecule has 0 spiro atoms. The fourth-order valence-corrected chi connectivity index (χ4v) is 2.31. The first-order valence-corrected chi connectivity index (χ1v) is 8.00. The van der Waals surface area contributed by atoms with Crippen LogP contribution in [0.1, 0.15) is 57.6 Å². The van der Waals surface area contributed by atoms with E-state index in [0.29, 0.717) is 0 Å². The van der Waals surface area contributed by atoms with Gasteiger partial charge < -0.3 is 5.11 Å². The van der Waals surface area contributed by atoms with Crippen molar-refractivity contribution in [3.8, 4) is 0 Å². The summed E-state index contributed by atoms with van der Waals surface area (Å²) < 4.78 is 0.820. The molecule has 1 N–H and O–H groups in total. The monoisotopic (exact) mass is 325 g/mol. The minimum Gasteiger partial charge on any atom is -0.389 e. The standard InChI is InChI=1S/C16H24BrNO/c1-2-3-4-5-6-7-10-15(19)13-12-14-9-8-11-16(17)18-14/h8-9,11-13,15,19H,2-7,10H2,1H3/b13-12+. The Morgan fingerprint density at radius 2 is 1.95 bits per heavy atom. The van der Waals surface area contributed by atoms with Crippen LogP contribution in [-0.4, -0.2) is 16.2 Å². The Balaban J connectivity index is 2.18. The van der Waals surface area contributed by atoms with E-state index in [-0.39, 0.29) is 6.10 Å². The fourth-order valence-electron chi connectivity index (χ4n) is 1.96. The van der Waals surface area contributed by atoms with E-state index in [9.17, 15) is 5.11 Å². The molecule has 1 atom stereocenters. The maximum absolute atomic E-state index is 9.86. The summed E-state index contributed by atoms with van der Waals surface area (Å²) in [5, 5.41) is 9.86. The van der Waals surface area contributed by atoms with E-state index in [2.05, 4.69) is 27.8 Å². The molecule has 0 amide bonds. The second-order valence-electron chi connectivity index (χ2n) is 4.87. The lowest BCUT2D eigenvalue weighted by molar-refractivity contribution is 0.208.